The molecule has 0 radical (unpaired) electrons. The quantitative estimate of drug-likeness (QED) is 0.646. The number of halogens is 1. The molecule has 6 heteroatoms. The van der Waals surface area contributed by atoms with Crippen molar-refractivity contribution in [3.05, 3.63) is 56.1 Å². The Morgan fingerprint density at radius 2 is 2.17 bits per heavy atom. The van der Waals surface area contributed by atoms with Crippen LogP contribution in [0.1, 0.15) is 17.0 Å². The lowest BCUT2D eigenvalue weighted by molar-refractivity contribution is -0.385. The van der Waals surface area contributed by atoms with Crippen molar-refractivity contribution in [2.24, 2.45) is 0 Å². The number of nitro groups is 1. The van der Waals surface area contributed by atoms with E-state index in [0.717, 1.165) is 11.4 Å². The Morgan fingerprint density at radius 1 is 1.44 bits per heavy atom. The minimum Gasteiger partial charge on any atom is -0.330 e. The van der Waals surface area contributed by atoms with Gasteiger partial charge in [0.1, 0.15) is 0 Å². The van der Waals surface area contributed by atoms with Gasteiger partial charge in [0.25, 0.3) is 5.69 Å². The molecule has 0 unspecified atom stereocenters. The highest BCUT2D eigenvalue weighted by Crippen LogP contribution is 2.24. The SMILES string of the molecule is Cc1ncn(Cc2ccc(Br)cc2[N+](=O)[O-])c1C. The highest BCUT2D eigenvalue weighted by molar-refractivity contribution is 9.10. The average molecular weight is 310 g/mol. The first kappa shape index (κ1) is 12.8. The maximum Gasteiger partial charge on any atom is 0.275 e. The molecule has 2 aromatic rings. The predicted molar refractivity (Wildman–Crippen MR) is 71.6 cm³/mol. The van der Waals surface area contributed by atoms with E-state index < -0.39 is 0 Å². The van der Waals surface area contributed by atoms with Gasteiger partial charge in [0, 0.05) is 21.8 Å². The van der Waals surface area contributed by atoms with Gasteiger partial charge in [-0.1, -0.05) is 15.9 Å². The predicted octanol–water partition coefficient (Wildman–Crippen LogP) is 3.22. The maximum absolute atomic E-state index is 11.0. The molecular weight excluding hydrogens is 298 g/mol. The molecule has 0 aliphatic rings. The van der Waals surface area contributed by atoms with Crippen LogP contribution in [0.25, 0.3) is 0 Å². The van der Waals surface area contributed by atoms with Crippen molar-refractivity contribution in [3.63, 3.8) is 0 Å². The van der Waals surface area contributed by atoms with Crippen LogP contribution in [0.4, 0.5) is 5.69 Å². The minimum atomic E-state index is -0.362. The molecule has 2 rings (SSSR count). The molecule has 94 valence electrons. The van der Waals surface area contributed by atoms with Crippen LogP contribution in [-0.2, 0) is 6.54 Å². The summed E-state index contributed by atoms with van der Waals surface area (Å²) in [6, 6.07) is 5.09. The molecule has 0 saturated carbocycles. The number of aryl methyl sites for hydroxylation is 1. The molecular formula is C12H12BrN3O2. The van der Waals surface area contributed by atoms with E-state index in [-0.39, 0.29) is 10.6 Å². The monoisotopic (exact) mass is 309 g/mol. The van der Waals surface area contributed by atoms with Gasteiger partial charge in [-0.05, 0) is 26.0 Å². The van der Waals surface area contributed by atoms with Crippen LogP contribution >= 0.6 is 15.9 Å². The first-order chi connectivity index (χ1) is 8.49. The van der Waals surface area contributed by atoms with E-state index in [1.807, 2.05) is 18.4 Å². The zero-order chi connectivity index (χ0) is 13.3. The summed E-state index contributed by atoms with van der Waals surface area (Å²) in [4.78, 5) is 14.8. The summed E-state index contributed by atoms with van der Waals surface area (Å²) < 4.78 is 2.61. The largest absolute Gasteiger partial charge is 0.330 e. The van der Waals surface area contributed by atoms with Crippen LogP contribution in [0.5, 0.6) is 0 Å². The average Bonchev–Trinajstić information content (AvgIpc) is 2.63. The molecule has 0 atom stereocenters. The van der Waals surface area contributed by atoms with Gasteiger partial charge in [-0.15, -0.1) is 0 Å². The molecule has 0 saturated heterocycles. The van der Waals surface area contributed by atoms with Gasteiger partial charge in [-0.25, -0.2) is 4.98 Å². The Bertz CT molecular complexity index is 607. The van der Waals surface area contributed by atoms with Gasteiger partial charge in [0.05, 0.1) is 23.5 Å². The lowest BCUT2D eigenvalue weighted by Gasteiger charge is -2.07. The molecule has 1 aromatic heterocycles. The van der Waals surface area contributed by atoms with Crippen molar-refractivity contribution in [2.75, 3.05) is 0 Å². The number of imidazole rings is 1. The first-order valence-corrected chi connectivity index (χ1v) is 6.19. The fourth-order valence-electron chi connectivity index (χ4n) is 1.73. The second-order valence-corrected chi connectivity index (χ2v) is 4.99. The third kappa shape index (κ3) is 2.43. The van der Waals surface area contributed by atoms with E-state index in [1.54, 1.807) is 18.5 Å². The van der Waals surface area contributed by atoms with Gasteiger partial charge >= 0.3 is 0 Å². The summed E-state index contributed by atoms with van der Waals surface area (Å²) >= 11 is 3.25. The number of benzene rings is 1. The fourth-order valence-corrected chi connectivity index (χ4v) is 2.08. The van der Waals surface area contributed by atoms with E-state index in [4.69, 9.17) is 0 Å². The second-order valence-electron chi connectivity index (χ2n) is 4.07. The standard InChI is InChI=1S/C12H12BrN3O2/c1-8-9(2)15(7-14-8)6-10-3-4-11(13)5-12(10)16(17)18/h3-5,7H,6H2,1-2H3. The fraction of sp³-hybridized carbons (Fsp3) is 0.250. The van der Waals surface area contributed by atoms with Gasteiger partial charge in [0.15, 0.2) is 0 Å². The summed E-state index contributed by atoms with van der Waals surface area (Å²) in [5.74, 6) is 0. The number of hydrogen-bond acceptors (Lipinski definition) is 3. The Labute approximate surface area is 113 Å². The maximum atomic E-state index is 11.0. The lowest BCUT2D eigenvalue weighted by atomic mass is 10.2. The molecule has 1 heterocycles. The van der Waals surface area contributed by atoms with Crippen LogP contribution in [0.15, 0.2) is 29.0 Å². The van der Waals surface area contributed by atoms with E-state index in [1.165, 1.54) is 6.07 Å². The van der Waals surface area contributed by atoms with Crippen LogP contribution in [0.3, 0.4) is 0 Å². The number of nitrogens with zero attached hydrogens (tertiary/aromatic N) is 3. The molecule has 0 spiro atoms. The van der Waals surface area contributed by atoms with Crippen LogP contribution in [0.2, 0.25) is 0 Å². The highest BCUT2D eigenvalue weighted by Gasteiger charge is 2.15. The summed E-state index contributed by atoms with van der Waals surface area (Å²) in [7, 11) is 0. The molecule has 0 fully saturated rings. The molecule has 0 amide bonds. The molecule has 0 aliphatic carbocycles. The molecule has 5 nitrogen and oxygen atoms in total. The Morgan fingerprint density at radius 3 is 2.72 bits per heavy atom. The number of aromatic nitrogens is 2. The van der Waals surface area contributed by atoms with Crippen molar-refractivity contribution in [1.82, 2.24) is 9.55 Å². The molecule has 0 bridgehead atoms. The lowest BCUT2D eigenvalue weighted by Crippen LogP contribution is -2.04. The Balaban J connectivity index is 2.40. The summed E-state index contributed by atoms with van der Waals surface area (Å²) in [6.45, 7) is 4.32. The van der Waals surface area contributed by atoms with Crippen LogP contribution in [0, 0.1) is 24.0 Å². The Hall–Kier alpha value is -1.69. The number of nitro benzene ring substituents is 1. The van der Waals surface area contributed by atoms with Crippen molar-refractivity contribution >= 4 is 21.6 Å². The summed E-state index contributed by atoms with van der Waals surface area (Å²) in [5, 5.41) is 11.0. The van der Waals surface area contributed by atoms with Crippen molar-refractivity contribution < 1.29 is 4.92 Å². The van der Waals surface area contributed by atoms with Gasteiger partial charge < -0.3 is 4.57 Å². The topological polar surface area (TPSA) is 61.0 Å². The van der Waals surface area contributed by atoms with Gasteiger partial charge in [0.2, 0.25) is 0 Å². The highest BCUT2D eigenvalue weighted by atomic mass is 79.9. The van der Waals surface area contributed by atoms with E-state index in [9.17, 15) is 10.1 Å². The third-order valence-electron chi connectivity index (χ3n) is 2.93. The van der Waals surface area contributed by atoms with Gasteiger partial charge in [-0.3, -0.25) is 10.1 Å². The number of hydrogen-bond donors (Lipinski definition) is 0. The van der Waals surface area contributed by atoms with E-state index in [2.05, 4.69) is 20.9 Å². The van der Waals surface area contributed by atoms with Crippen molar-refractivity contribution in [1.29, 1.82) is 0 Å². The van der Waals surface area contributed by atoms with Crippen LogP contribution < -0.4 is 0 Å². The van der Waals surface area contributed by atoms with Crippen molar-refractivity contribution in [2.45, 2.75) is 20.4 Å². The summed E-state index contributed by atoms with van der Waals surface area (Å²) in [6.07, 6.45) is 1.70. The third-order valence-corrected chi connectivity index (χ3v) is 3.42. The van der Waals surface area contributed by atoms with E-state index >= 15 is 0 Å². The zero-order valence-corrected chi connectivity index (χ0v) is 11.6. The minimum absolute atomic E-state index is 0.120. The Kier molecular flexibility index (Phi) is 3.47. The van der Waals surface area contributed by atoms with Crippen molar-refractivity contribution in [3.8, 4) is 0 Å². The van der Waals surface area contributed by atoms with E-state index in [0.29, 0.717) is 16.6 Å². The number of rotatable bonds is 3. The molecule has 1 aromatic carbocycles. The summed E-state index contributed by atoms with van der Waals surface area (Å²) in [5.41, 5.74) is 2.75. The van der Waals surface area contributed by atoms with Crippen LogP contribution in [-0.4, -0.2) is 14.5 Å². The smallest absolute Gasteiger partial charge is 0.275 e. The second kappa shape index (κ2) is 4.89. The normalized spacial score (nSPS) is 10.6. The molecule has 0 aliphatic heterocycles. The zero-order valence-electron chi connectivity index (χ0n) is 10.1. The first-order valence-electron chi connectivity index (χ1n) is 5.40. The molecule has 0 N–H and O–H groups in total. The van der Waals surface area contributed by atoms with Gasteiger partial charge in [-0.2, -0.15) is 0 Å². The molecule has 18 heavy (non-hydrogen) atoms.